The fraction of sp³-hybridized carbons (Fsp3) is 0.231. The number of rotatable bonds is 4. The van der Waals surface area contributed by atoms with Gasteiger partial charge in [-0.2, -0.15) is 0 Å². The topological polar surface area (TPSA) is 29.5 Å². The third-order valence-corrected chi connectivity index (χ3v) is 5.13. The van der Waals surface area contributed by atoms with Crippen molar-refractivity contribution in [2.75, 3.05) is 7.11 Å². The first-order chi connectivity index (χ1) is 8.60. The van der Waals surface area contributed by atoms with Crippen molar-refractivity contribution >= 4 is 38.9 Å². The van der Waals surface area contributed by atoms with Crippen molar-refractivity contribution in [2.45, 2.75) is 12.5 Å². The number of halogens is 2. The Kier molecular flexibility index (Phi) is 4.67. The fourth-order valence-corrected chi connectivity index (χ4v) is 3.37. The minimum absolute atomic E-state index is 0.542. The Morgan fingerprint density at radius 1 is 1.44 bits per heavy atom. The van der Waals surface area contributed by atoms with Crippen LogP contribution in [0.4, 0.5) is 0 Å². The van der Waals surface area contributed by atoms with Gasteiger partial charge >= 0.3 is 0 Å². The van der Waals surface area contributed by atoms with Gasteiger partial charge in [-0.3, -0.25) is 0 Å². The van der Waals surface area contributed by atoms with Crippen LogP contribution in [0.5, 0.6) is 5.75 Å². The van der Waals surface area contributed by atoms with E-state index in [0.717, 1.165) is 20.7 Å². The Hall–Kier alpha value is -0.550. The van der Waals surface area contributed by atoms with Gasteiger partial charge in [0.1, 0.15) is 10.1 Å². The highest BCUT2D eigenvalue weighted by Crippen LogP contribution is 2.36. The Morgan fingerprint density at radius 3 is 2.83 bits per heavy atom. The van der Waals surface area contributed by atoms with Gasteiger partial charge in [0.05, 0.1) is 13.2 Å². The Labute approximate surface area is 123 Å². The van der Waals surface area contributed by atoms with Gasteiger partial charge in [-0.15, -0.1) is 11.3 Å². The molecule has 1 atom stereocenters. The second-order valence-electron chi connectivity index (χ2n) is 3.84. The zero-order valence-electron chi connectivity index (χ0n) is 9.69. The minimum Gasteiger partial charge on any atom is -0.497 e. The van der Waals surface area contributed by atoms with Crippen molar-refractivity contribution in [2.24, 2.45) is 0 Å². The number of ether oxygens (including phenoxy) is 1. The summed E-state index contributed by atoms with van der Waals surface area (Å²) in [5.41, 5.74) is 1.03. The first-order valence-electron chi connectivity index (χ1n) is 5.36. The first kappa shape index (κ1) is 13.9. The zero-order valence-corrected chi connectivity index (χ0v) is 12.8. The van der Waals surface area contributed by atoms with Gasteiger partial charge in [0.2, 0.25) is 0 Å². The van der Waals surface area contributed by atoms with Gasteiger partial charge in [-0.1, -0.05) is 23.7 Å². The fourth-order valence-electron chi connectivity index (χ4n) is 1.65. The van der Waals surface area contributed by atoms with E-state index in [4.69, 9.17) is 16.3 Å². The third-order valence-electron chi connectivity index (χ3n) is 2.56. The molecule has 5 heteroatoms. The van der Waals surface area contributed by atoms with Crippen LogP contribution in [0.3, 0.4) is 0 Å². The summed E-state index contributed by atoms with van der Waals surface area (Å²) >= 11 is 10.7. The predicted molar refractivity (Wildman–Crippen MR) is 78.7 cm³/mol. The zero-order chi connectivity index (χ0) is 13.1. The van der Waals surface area contributed by atoms with Crippen LogP contribution in [0.2, 0.25) is 4.34 Å². The third kappa shape index (κ3) is 3.26. The van der Waals surface area contributed by atoms with Gasteiger partial charge in [0.15, 0.2) is 0 Å². The summed E-state index contributed by atoms with van der Waals surface area (Å²) in [6, 6.07) is 9.55. The number of hydrogen-bond donors (Lipinski definition) is 1. The second-order valence-corrected chi connectivity index (χ2v) is 6.38. The quantitative estimate of drug-likeness (QED) is 0.885. The van der Waals surface area contributed by atoms with Crippen LogP contribution in [0.25, 0.3) is 0 Å². The molecule has 18 heavy (non-hydrogen) atoms. The van der Waals surface area contributed by atoms with Gasteiger partial charge < -0.3 is 9.84 Å². The summed E-state index contributed by atoms with van der Waals surface area (Å²) in [6.45, 7) is 0. The molecule has 0 saturated carbocycles. The molecule has 1 heterocycles. The lowest BCUT2D eigenvalue weighted by molar-refractivity contribution is 0.182. The van der Waals surface area contributed by atoms with Gasteiger partial charge in [0.25, 0.3) is 0 Å². The summed E-state index contributed by atoms with van der Waals surface area (Å²) < 4.78 is 6.65. The highest BCUT2D eigenvalue weighted by molar-refractivity contribution is 9.10. The maximum atomic E-state index is 10.2. The van der Waals surface area contributed by atoms with E-state index in [0.29, 0.717) is 10.8 Å². The molecule has 2 aromatic rings. The minimum atomic E-state index is -0.550. The largest absolute Gasteiger partial charge is 0.497 e. The van der Waals surface area contributed by atoms with Crippen LogP contribution in [-0.4, -0.2) is 12.2 Å². The smallest absolute Gasteiger partial charge is 0.119 e. The van der Waals surface area contributed by atoms with Gasteiger partial charge in [0, 0.05) is 15.8 Å². The van der Waals surface area contributed by atoms with Crippen LogP contribution < -0.4 is 4.74 Å². The van der Waals surface area contributed by atoms with Gasteiger partial charge in [-0.05, 0) is 39.7 Å². The first-order valence-corrected chi connectivity index (χ1v) is 7.34. The van der Waals surface area contributed by atoms with Crippen LogP contribution >= 0.6 is 38.9 Å². The lowest BCUT2D eigenvalue weighted by atomic mass is 10.1. The van der Waals surface area contributed by atoms with E-state index >= 15 is 0 Å². The van der Waals surface area contributed by atoms with E-state index in [2.05, 4.69) is 15.9 Å². The van der Waals surface area contributed by atoms with E-state index < -0.39 is 6.10 Å². The molecular formula is C13H12BrClO2S. The molecule has 0 fully saturated rings. The molecule has 0 aliphatic rings. The molecule has 1 unspecified atom stereocenters. The van der Waals surface area contributed by atoms with E-state index in [9.17, 15) is 5.11 Å². The highest BCUT2D eigenvalue weighted by Gasteiger charge is 2.14. The molecule has 0 aliphatic heterocycles. The van der Waals surface area contributed by atoms with Crippen molar-refractivity contribution in [1.29, 1.82) is 0 Å². The number of hydrogen-bond acceptors (Lipinski definition) is 3. The van der Waals surface area contributed by atoms with Crippen molar-refractivity contribution < 1.29 is 9.84 Å². The molecule has 0 amide bonds. The molecular weight excluding hydrogens is 336 g/mol. The average Bonchev–Trinajstić information content (AvgIpc) is 2.70. The molecule has 2 nitrogen and oxygen atoms in total. The Morgan fingerprint density at radius 2 is 2.22 bits per heavy atom. The monoisotopic (exact) mass is 346 g/mol. The van der Waals surface area contributed by atoms with Gasteiger partial charge in [-0.25, -0.2) is 0 Å². The van der Waals surface area contributed by atoms with Crippen LogP contribution in [0.15, 0.2) is 34.8 Å². The molecule has 0 saturated heterocycles. The maximum Gasteiger partial charge on any atom is 0.119 e. The number of thiophene rings is 1. The summed E-state index contributed by atoms with van der Waals surface area (Å²) in [7, 11) is 1.63. The summed E-state index contributed by atoms with van der Waals surface area (Å²) in [4.78, 5) is 0.856. The molecule has 1 aromatic carbocycles. The Bertz CT molecular complexity index is 522. The van der Waals surface area contributed by atoms with Crippen molar-refractivity contribution in [3.8, 4) is 5.75 Å². The van der Waals surface area contributed by atoms with E-state index in [-0.39, 0.29) is 0 Å². The van der Waals surface area contributed by atoms with Crippen LogP contribution in [0, 0.1) is 0 Å². The second kappa shape index (κ2) is 6.06. The normalized spacial score (nSPS) is 12.4. The SMILES string of the molecule is COc1cccc(CC(O)c2cc(Br)c(Cl)s2)c1. The average molecular weight is 348 g/mol. The Balaban J connectivity index is 2.13. The van der Waals surface area contributed by atoms with Crippen molar-refractivity contribution in [3.05, 3.63) is 49.6 Å². The summed E-state index contributed by atoms with van der Waals surface area (Å²) in [5.74, 6) is 0.796. The molecule has 96 valence electrons. The summed E-state index contributed by atoms with van der Waals surface area (Å²) in [5, 5.41) is 10.2. The van der Waals surface area contributed by atoms with Crippen molar-refractivity contribution in [3.63, 3.8) is 0 Å². The highest BCUT2D eigenvalue weighted by atomic mass is 79.9. The number of benzene rings is 1. The van der Waals surface area contributed by atoms with E-state index in [1.165, 1.54) is 11.3 Å². The number of aliphatic hydroxyl groups excluding tert-OH is 1. The van der Waals surface area contributed by atoms with E-state index in [1.54, 1.807) is 7.11 Å². The van der Waals surface area contributed by atoms with Crippen molar-refractivity contribution in [1.82, 2.24) is 0 Å². The van der Waals surface area contributed by atoms with Crippen LogP contribution in [0.1, 0.15) is 16.5 Å². The molecule has 1 N–H and O–H groups in total. The molecule has 1 aromatic heterocycles. The standard InChI is InChI=1S/C13H12BrClO2S/c1-17-9-4-2-3-8(5-9)6-11(16)12-7-10(14)13(15)18-12/h2-5,7,11,16H,6H2,1H3. The maximum absolute atomic E-state index is 10.2. The lowest BCUT2D eigenvalue weighted by Gasteiger charge is -2.09. The molecule has 0 aliphatic carbocycles. The van der Waals surface area contributed by atoms with Crippen LogP contribution in [-0.2, 0) is 6.42 Å². The predicted octanol–water partition coefficient (Wildman–Crippen LogP) is 4.45. The molecule has 0 radical (unpaired) electrons. The number of methoxy groups -OCH3 is 1. The van der Waals surface area contributed by atoms with E-state index in [1.807, 2.05) is 30.3 Å². The molecule has 2 rings (SSSR count). The lowest BCUT2D eigenvalue weighted by Crippen LogP contribution is -1.99. The summed E-state index contributed by atoms with van der Waals surface area (Å²) in [6.07, 6.45) is -0.00794. The molecule has 0 bridgehead atoms. The molecule has 0 spiro atoms. The number of aliphatic hydroxyl groups is 1.